The Morgan fingerprint density at radius 2 is 1.63 bits per heavy atom. The number of esters is 1. The summed E-state index contributed by atoms with van der Waals surface area (Å²) in [5.41, 5.74) is 12.2. The Labute approximate surface area is 177 Å². The van der Waals surface area contributed by atoms with Crippen LogP contribution in [0.3, 0.4) is 0 Å². The van der Waals surface area contributed by atoms with Crippen molar-refractivity contribution in [1.29, 1.82) is 0 Å². The van der Waals surface area contributed by atoms with E-state index < -0.39 is 5.91 Å². The van der Waals surface area contributed by atoms with Crippen molar-refractivity contribution in [2.75, 3.05) is 7.11 Å². The fourth-order valence-electron chi connectivity index (χ4n) is 4.01. The van der Waals surface area contributed by atoms with Gasteiger partial charge >= 0.3 is 5.97 Å². The van der Waals surface area contributed by atoms with E-state index in [-0.39, 0.29) is 12.4 Å². The molecule has 3 rings (SSSR count). The molecule has 0 radical (unpaired) electrons. The first-order valence-electron chi connectivity index (χ1n) is 10.1. The SMILES string of the molecule is COC(=O)CCc1c(-c2ccccc2C)c(C(N)=O)c(C)n1CCc1ccccc1. The van der Waals surface area contributed by atoms with Crippen LogP contribution < -0.4 is 5.73 Å². The summed E-state index contributed by atoms with van der Waals surface area (Å²) < 4.78 is 6.99. The zero-order chi connectivity index (χ0) is 21.7. The number of carbonyl (C=O) groups excluding carboxylic acids is 2. The number of hydrogen-bond acceptors (Lipinski definition) is 3. The monoisotopic (exact) mass is 404 g/mol. The summed E-state index contributed by atoms with van der Waals surface area (Å²) in [4.78, 5) is 24.4. The lowest BCUT2D eigenvalue weighted by molar-refractivity contribution is -0.140. The molecule has 30 heavy (non-hydrogen) atoms. The Balaban J connectivity index is 2.14. The summed E-state index contributed by atoms with van der Waals surface area (Å²) in [6.07, 6.45) is 1.52. The van der Waals surface area contributed by atoms with E-state index >= 15 is 0 Å². The minimum absolute atomic E-state index is 0.238. The highest BCUT2D eigenvalue weighted by molar-refractivity contribution is 6.02. The molecule has 0 aliphatic carbocycles. The van der Waals surface area contributed by atoms with Crippen LogP contribution in [0.1, 0.15) is 39.3 Å². The first-order valence-corrected chi connectivity index (χ1v) is 10.1. The average Bonchev–Trinajstić information content (AvgIpc) is 3.02. The minimum Gasteiger partial charge on any atom is -0.469 e. The highest BCUT2D eigenvalue weighted by Gasteiger charge is 2.25. The van der Waals surface area contributed by atoms with Crippen LogP contribution >= 0.6 is 0 Å². The number of primary amides is 1. The zero-order valence-corrected chi connectivity index (χ0v) is 17.8. The van der Waals surface area contributed by atoms with Crippen LogP contribution in [0.15, 0.2) is 54.6 Å². The summed E-state index contributed by atoms with van der Waals surface area (Å²) in [7, 11) is 1.39. The summed E-state index contributed by atoms with van der Waals surface area (Å²) >= 11 is 0. The number of hydrogen-bond donors (Lipinski definition) is 1. The fraction of sp³-hybridized carbons (Fsp3) is 0.280. The highest BCUT2D eigenvalue weighted by atomic mass is 16.5. The first kappa shape index (κ1) is 21.4. The topological polar surface area (TPSA) is 74.3 Å². The van der Waals surface area contributed by atoms with E-state index in [1.165, 1.54) is 12.7 Å². The summed E-state index contributed by atoms with van der Waals surface area (Å²) in [5.74, 6) is -0.733. The van der Waals surface area contributed by atoms with Crippen LogP contribution in [0.2, 0.25) is 0 Å². The molecule has 2 aromatic carbocycles. The number of rotatable bonds is 8. The lowest BCUT2D eigenvalue weighted by Gasteiger charge is -2.14. The fourth-order valence-corrected chi connectivity index (χ4v) is 4.01. The molecule has 3 aromatic rings. The first-order chi connectivity index (χ1) is 14.4. The van der Waals surface area contributed by atoms with Gasteiger partial charge in [-0.05, 0) is 43.4 Å². The Morgan fingerprint density at radius 1 is 0.967 bits per heavy atom. The second-order valence-corrected chi connectivity index (χ2v) is 7.42. The van der Waals surface area contributed by atoms with Crippen molar-refractivity contribution in [3.05, 3.63) is 82.7 Å². The minimum atomic E-state index is -0.455. The molecule has 5 heteroatoms. The van der Waals surface area contributed by atoms with Gasteiger partial charge in [0.25, 0.3) is 5.91 Å². The third kappa shape index (κ3) is 4.46. The van der Waals surface area contributed by atoms with Gasteiger partial charge in [-0.3, -0.25) is 9.59 Å². The number of amides is 1. The van der Waals surface area contributed by atoms with Crippen molar-refractivity contribution in [1.82, 2.24) is 4.57 Å². The predicted octanol–water partition coefficient (Wildman–Crippen LogP) is 4.22. The normalized spacial score (nSPS) is 10.8. The number of aryl methyl sites for hydroxylation is 2. The predicted molar refractivity (Wildman–Crippen MR) is 118 cm³/mol. The molecular weight excluding hydrogens is 376 g/mol. The van der Waals surface area contributed by atoms with Crippen LogP contribution in [0, 0.1) is 13.8 Å². The van der Waals surface area contributed by atoms with Gasteiger partial charge in [-0.2, -0.15) is 0 Å². The van der Waals surface area contributed by atoms with Gasteiger partial charge in [0.2, 0.25) is 0 Å². The average molecular weight is 405 g/mol. The molecule has 0 saturated heterocycles. The van der Waals surface area contributed by atoms with Gasteiger partial charge in [0.1, 0.15) is 0 Å². The molecule has 2 N–H and O–H groups in total. The van der Waals surface area contributed by atoms with Gasteiger partial charge in [0.15, 0.2) is 0 Å². The number of methoxy groups -OCH3 is 1. The molecule has 0 aliphatic heterocycles. The molecule has 1 heterocycles. The molecule has 0 saturated carbocycles. The van der Waals surface area contributed by atoms with Gasteiger partial charge in [0.05, 0.1) is 19.1 Å². The number of aromatic nitrogens is 1. The molecule has 0 spiro atoms. The Bertz CT molecular complexity index is 1050. The van der Waals surface area contributed by atoms with Crippen LogP contribution in [0.4, 0.5) is 0 Å². The van der Waals surface area contributed by atoms with E-state index in [9.17, 15) is 9.59 Å². The summed E-state index contributed by atoms with van der Waals surface area (Å²) in [6.45, 7) is 4.63. The molecule has 0 aliphatic rings. The maximum absolute atomic E-state index is 12.5. The standard InChI is InChI=1S/C25H28N2O3/c1-17-9-7-8-12-20(17)24-21(13-14-22(28)30-3)27(18(2)23(24)25(26)29)16-15-19-10-5-4-6-11-19/h4-12H,13-16H2,1-3H3,(H2,26,29). The van der Waals surface area contributed by atoms with Crippen molar-refractivity contribution in [2.24, 2.45) is 5.73 Å². The van der Waals surface area contributed by atoms with Gasteiger partial charge in [-0.15, -0.1) is 0 Å². The lowest BCUT2D eigenvalue weighted by atomic mass is 9.94. The van der Waals surface area contributed by atoms with Crippen molar-refractivity contribution < 1.29 is 14.3 Å². The Kier molecular flexibility index (Phi) is 6.72. The number of carbonyl (C=O) groups is 2. The van der Waals surface area contributed by atoms with Crippen molar-refractivity contribution >= 4 is 11.9 Å². The van der Waals surface area contributed by atoms with Crippen LogP contribution in [0.25, 0.3) is 11.1 Å². The Morgan fingerprint density at radius 3 is 2.27 bits per heavy atom. The van der Waals surface area contributed by atoms with Crippen molar-refractivity contribution in [2.45, 2.75) is 39.7 Å². The van der Waals surface area contributed by atoms with Gasteiger partial charge in [-0.1, -0.05) is 54.6 Å². The maximum atomic E-state index is 12.5. The summed E-state index contributed by atoms with van der Waals surface area (Å²) in [6, 6.07) is 18.1. The van der Waals surface area contributed by atoms with E-state index in [4.69, 9.17) is 10.5 Å². The Hall–Kier alpha value is -3.34. The number of benzene rings is 2. The van der Waals surface area contributed by atoms with Crippen LogP contribution in [0.5, 0.6) is 0 Å². The largest absolute Gasteiger partial charge is 0.469 e. The number of ether oxygens (including phenoxy) is 1. The van der Waals surface area contributed by atoms with Crippen molar-refractivity contribution in [3.8, 4) is 11.1 Å². The third-order valence-electron chi connectivity index (χ3n) is 5.55. The molecule has 5 nitrogen and oxygen atoms in total. The molecule has 0 atom stereocenters. The maximum Gasteiger partial charge on any atom is 0.305 e. The van der Waals surface area contributed by atoms with E-state index in [0.717, 1.165) is 34.5 Å². The lowest BCUT2D eigenvalue weighted by Crippen LogP contribution is -2.14. The summed E-state index contributed by atoms with van der Waals surface area (Å²) in [5, 5.41) is 0. The molecule has 0 bridgehead atoms. The molecule has 1 aromatic heterocycles. The van der Waals surface area contributed by atoms with Gasteiger partial charge in [-0.25, -0.2) is 0 Å². The molecule has 0 fully saturated rings. The van der Waals surface area contributed by atoms with Crippen molar-refractivity contribution in [3.63, 3.8) is 0 Å². The molecule has 156 valence electrons. The molecule has 1 amide bonds. The number of nitrogens with zero attached hydrogens (tertiary/aromatic N) is 1. The third-order valence-corrected chi connectivity index (χ3v) is 5.55. The van der Waals surface area contributed by atoms with Crippen LogP contribution in [-0.2, 0) is 28.9 Å². The highest BCUT2D eigenvalue weighted by Crippen LogP contribution is 2.35. The van der Waals surface area contributed by atoms with E-state index in [1.807, 2.05) is 56.3 Å². The second-order valence-electron chi connectivity index (χ2n) is 7.42. The zero-order valence-electron chi connectivity index (χ0n) is 17.8. The smallest absolute Gasteiger partial charge is 0.305 e. The van der Waals surface area contributed by atoms with Gasteiger partial charge < -0.3 is 15.0 Å². The second kappa shape index (κ2) is 9.44. The van der Waals surface area contributed by atoms with E-state index in [0.29, 0.717) is 18.5 Å². The van der Waals surface area contributed by atoms with E-state index in [2.05, 4.69) is 16.7 Å². The van der Waals surface area contributed by atoms with E-state index in [1.54, 1.807) is 0 Å². The molecule has 0 unspecified atom stereocenters. The van der Waals surface area contributed by atoms with Gasteiger partial charge in [0, 0.05) is 23.5 Å². The van der Waals surface area contributed by atoms with Crippen LogP contribution in [-0.4, -0.2) is 23.6 Å². The number of nitrogens with two attached hydrogens (primary N) is 1. The molecular formula is C25H28N2O3. The quantitative estimate of drug-likeness (QED) is 0.571.